The highest BCUT2D eigenvalue weighted by Gasteiger charge is 2.05. The maximum Gasteiger partial charge on any atom is 0.161 e. The monoisotopic (exact) mass is 242 g/mol. The van der Waals surface area contributed by atoms with Crippen molar-refractivity contribution in [3.05, 3.63) is 23.8 Å². The molecule has 0 spiro atoms. The molecule has 90 valence electrons. The summed E-state index contributed by atoms with van der Waals surface area (Å²) in [6.07, 6.45) is 1.97. The summed E-state index contributed by atoms with van der Waals surface area (Å²) in [6, 6.07) is 6.08. The number of alkyl halides is 1. The Labute approximate surface area is 103 Å². The topological polar surface area (TPSA) is 18.5 Å². The third kappa shape index (κ3) is 3.93. The van der Waals surface area contributed by atoms with Gasteiger partial charge < -0.3 is 9.47 Å². The molecular weight excluding hydrogens is 224 g/mol. The average Bonchev–Trinajstić information content (AvgIpc) is 2.30. The van der Waals surface area contributed by atoms with Gasteiger partial charge in [-0.05, 0) is 44.4 Å². The third-order valence-corrected chi connectivity index (χ3v) is 2.47. The van der Waals surface area contributed by atoms with E-state index in [1.807, 2.05) is 26.0 Å². The molecule has 0 aromatic heterocycles. The van der Waals surface area contributed by atoms with Crippen LogP contribution in [0.4, 0.5) is 0 Å². The lowest BCUT2D eigenvalue weighted by molar-refractivity contribution is 0.287. The first kappa shape index (κ1) is 13.2. The van der Waals surface area contributed by atoms with Crippen molar-refractivity contribution in [1.82, 2.24) is 0 Å². The standard InChI is InChI=1S/C13H19ClO2/c1-3-15-12-8-7-11(6-5-9-14)10-13(12)16-4-2/h7-8,10H,3-6,9H2,1-2H3. The van der Waals surface area contributed by atoms with Gasteiger partial charge in [0.25, 0.3) is 0 Å². The first-order chi connectivity index (χ1) is 7.81. The lowest BCUT2D eigenvalue weighted by Gasteiger charge is -2.12. The predicted octanol–water partition coefficient (Wildman–Crippen LogP) is 3.66. The van der Waals surface area contributed by atoms with Crippen molar-refractivity contribution in [2.24, 2.45) is 0 Å². The molecule has 0 atom stereocenters. The van der Waals surface area contributed by atoms with E-state index in [1.54, 1.807) is 0 Å². The van der Waals surface area contributed by atoms with Gasteiger partial charge in [-0.25, -0.2) is 0 Å². The smallest absolute Gasteiger partial charge is 0.161 e. The second-order valence-corrected chi connectivity index (χ2v) is 3.82. The van der Waals surface area contributed by atoms with Crippen LogP contribution < -0.4 is 9.47 Å². The van der Waals surface area contributed by atoms with Gasteiger partial charge in [0, 0.05) is 5.88 Å². The molecule has 0 aliphatic heterocycles. The van der Waals surface area contributed by atoms with Crippen LogP contribution in [0.1, 0.15) is 25.8 Å². The van der Waals surface area contributed by atoms with Gasteiger partial charge in [0.2, 0.25) is 0 Å². The van der Waals surface area contributed by atoms with E-state index >= 15 is 0 Å². The van der Waals surface area contributed by atoms with E-state index in [0.717, 1.165) is 24.3 Å². The minimum Gasteiger partial charge on any atom is -0.490 e. The second kappa shape index (κ2) is 7.39. The Bertz CT molecular complexity index is 313. The number of halogens is 1. The SMILES string of the molecule is CCOc1ccc(CCCCl)cc1OCC. The van der Waals surface area contributed by atoms with Crippen LogP contribution in [-0.2, 0) is 6.42 Å². The lowest BCUT2D eigenvalue weighted by Crippen LogP contribution is -1.99. The molecule has 0 heterocycles. The summed E-state index contributed by atoms with van der Waals surface area (Å²) in [5.41, 5.74) is 1.24. The summed E-state index contributed by atoms with van der Waals surface area (Å²) in [5.74, 6) is 2.34. The lowest BCUT2D eigenvalue weighted by atomic mass is 10.1. The van der Waals surface area contributed by atoms with E-state index in [-0.39, 0.29) is 0 Å². The number of benzene rings is 1. The zero-order chi connectivity index (χ0) is 11.8. The zero-order valence-electron chi connectivity index (χ0n) is 9.96. The number of hydrogen-bond acceptors (Lipinski definition) is 2. The van der Waals surface area contributed by atoms with E-state index in [2.05, 4.69) is 6.07 Å². The maximum atomic E-state index is 5.68. The normalized spacial score (nSPS) is 10.2. The molecule has 0 saturated carbocycles. The van der Waals surface area contributed by atoms with Crippen molar-refractivity contribution in [3.63, 3.8) is 0 Å². The Morgan fingerprint density at radius 3 is 2.38 bits per heavy atom. The van der Waals surface area contributed by atoms with Crippen LogP contribution in [0, 0.1) is 0 Å². The van der Waals surface area contributed by atoms with E-state index < -0.39 is 0 Å². The molecule has 1 rings (SSSR count). The van der Waals surface area contributed by atoms with E-state index in [0.29, 0.717) is 19.1 Å². The van der Waals surface area contributed by atoms with Crippen molar-refractivity contribution < 1.29 is 9.47 Å². The van der Waals surface area contributed by atoms with Crippen LogP contribution in [0.2, 0.25) is 0 Å². The van der Waals surface area contributed by atoms with Gasteiger partial charge in [0.15, 0.2) is 11.5 Å². The molecule has 0 aliphatic rings. The minimum atomic E-state index is 0.652. The van der Waals surface area contributed by atoms with Crippen molar-refractivity contribution >= 4 is 11.6 Å². The molecule has 0 unspecified atom stereocenters. The zero-order valence-corrected chi connectivity index (χ0v) is 10.7. The fraction of sp³-hybridized carbons (Fsp3) is 0.538. The molecule has 16 heavy (non-hydrogen) atoms. The van der Waals surface area contributed by atoms with Gasteiger partial charge in [-0.3, -0.25) is 0 Å². The molecule has 1 aromatic rings. The van der Waals surface area contributed by atoms with Crippen molar-refractivity contribution in [2.75, 3.05) is 19.1 Å². The molecule has 0 aliphatic carbocycles. The minimum absolute atomic E-state index is 0.652. The summed E-state index contributed by atoms with van der Waals surface area (Å²) in [4.78, 5) is 0. The van der Waals surface area contributed by atoms with Gasteiger partial charge in [-0.2, -0.15) is 0 Å². The highest BCUT2D eigenvalue weighted by atomic mass is 35.5. The van der Waals surface area contributed by atoms with Crippen LogP contribution in [0.3, 0.4) is 0 Å². The number of ether oxygens (including phenoxy) is 2. The van der Waals surface area contributed by atoms with E-state index in [9.17, 15) is 0 Å². The fourth-order valence-electron chi connectivity index (χ4n) is 1.52. The van der Waals surface area contributed by atoms with Crippen LogP contribution in [0.5, 0.6) is 11.5 Å². The predicted molar refractivity (Wildman–Crippen MR) is 67.8 cm³/mol. The van der Waals surface area contributed by atoms with Crippen molar-refractivity contribution in [2.45, 2.75) is 26.7 Å². The largest absolute Gasteiger partial charge is 0.490 e. The molecule has 0 amide bonds. The Morgan fingerprint density at radius 1 is 1.06 bits per heavy atom. The first-order valence-corrected chi connectivity index (χ1v) is 6.29. The molecule has 1 aromatic carbocycles. The van der Waals surface area contributed by atoms with E-state index in [4.69, 9.17) is 21.1 Å². The molecule has 0 radical (unpaired) electrons. The number of rotatable bonds is 7. The first-order valence-electron chi connectivity index (χ1n) is 5.76. The summed E-state index contributed by atoms with van der Waals surface area (Å²) >= 11 is 5.68. The fourth-order valence-corrected chi connectivity index (χ4v) is 1.66. The van der Waals surface area contributed by atoms with Crippen molar-refractivity contribution in [1.29, 1.82) is 0 Å². The van der Waals surface area contributed by atoms with E-state index in [1.165, 1.54) is 5.56 Å². The molecule has 3 heteroatoms. The molecule has 0 fully saturated rings. The highest BCUT2D eigenvalue weighted by molar-refractivity contribution is 6.17. The van der Waals surface area contributed by atoms with Crippen LogP contribution in [0.15, 0.2) is 18.2 Å². The summed E-state index contributed by atoms with van der Waals surface area (Å²) < 4.78 is 11.1. The quantitative estimate of drug-likeness (QED) is 0.680. The van der Waals surface area contributed by atoms with Gasteiger partial charge in [0.1, 0.15) is 0 Å². The second-order valence-electron chi connectivity index (χ2n) is 3.44. The van der Waals surface area contributed by atoms with Gasteiger partial charge in [-0.1, -0.05) is 6.07 Å². The number of hydrogen-bond donors (Lipinski definition) is 0. The third-order valence-electron chi connectivity index (χ3n) is 2.21. The molecule has 0 saturated heterocycles. The average molecular weight is 243 g/mol. The molecule has 2 nitrogen and oxygen atoms in total. The Hall–Kier alpha value is -0.890. The Kier molecular flexibility index (Phi) is 6.09. The maximum absolute atomic E-state index is 5.68. The van der Waals surface area contributed by atoms with Gasteiger partial charge in [-0.15, -0.1) is 11.6 Å². The van der Waals surface area contributed by atoms with Crippen LogP contribution in [-0.4, -0.2) is 19.1 Å². The summed E-state index contributed by atoms with van der Waals surface area (Å²) in [6.45, 7) is 5.25. The molecule has 0 N–H and O–H groups in total. The Morgan fingerprint density at radius 2 is 1.75 bits per heavy atom. The van der Waals surface area contributed by atoms with Gasteiger partial charge >= 0.3 is 0 Å². The van der Waals surface area contributed by atoms with Crippen molar-refractivity contribution in [3.8, 4) is 11.5 Å². The van der Waals surface area contributed by atoms with Gasteiger partial charge in [0.05, 0.1) is 13.2 Å². The Balaban J connectivity index is 2.79. The highest BCUT2D eigenvalue weighted by Crippen LogP contribution is 2.28. The summed E-state index contributed by atoms with van der Waals surface area (Å²) in [7, 11) is 0. The van der Waals surface area contributed by atoms with Crippen LogP contribution in [0.25, 0.3) is 0 Å². The summed E-state index contributed by atoms with van der Waals surface area (Å²) in [5, 5.41) is 0. The number of aryl methyl sites for hydroxylation is 1. The van der Waals surface area contributed by atoms with Crippen LogP contribution >= 0.6 is 11.6 Å². The molecule has 0 bridgehead atoms. The molecular formula is C13H19ClO2.